The third kappa shape index (κ3) is 1.84. The van der Waals surface area contributed by atoms with Crippen LogP contribution in [0.3, 0.4) is 0 Å². The fraction of sp³-hybridized carbons (Fsp3) is 0. The average Bonchev–Trinajstić information content (AvgIpc) is 2.42. The Balaban J connectivity index is 2.95. The minimum Gasteiger partial charge on any atom is -0.507 e. The van der Waals surface area contributed by atoms with Crippen molar-refractivity contribution in [1.29, 1.82) is 0 Å². The van der Waals surface area contributed by atoms with Gasteiger partial charge in [-0.25, -0.2) is 17.6 Å². The van der Waals surface area contributed by atoms with Gasteiger partial charge in [0.1, 0.15) is 5.75 Å². The smallest absolute Gasteiger partial charge is 0.204 e. The SMILES string of the molecule is Oc1ccc(F)c(F)c1-c1c(F)c(F)c(O)c(F)c1F. The predicted molar refractivity (Wildman–Crippen MR) is 55.0 cm³/mol. The summed E-state index contributed by atoms with van der Waals surface area (Å²) >= 11 is 0. The van der Waals surface area contributed by atoms with Crippen molar-refractivity contribution in [1.82, 2.24) is 0 Å². The van der Waals surface area contributed by atoms with Crippen LogP contribution in [0.2, 0.25) is 0 Å². The average molecular weight is 294 g/mol. The highest BCUT2D eigenvalue weighted by Crippen LogP contribution is 2.40. The van der Waals surface area contributed by atoms with E-state index in [1.165, 1.54) is 0 Å². The maximum absolute atomic E-state index is 13.5. The van der Waals surface area contributed by atoms with E-state index in [2.05, 4.69) is 0 Å². The Morgan fingerprint density at radius 3 is 1.60 bits per heavy atom. The van der Waals surface area contributed by atoms with Gasteiger partial charge in [0.2, 0.25) is 11.6 Å². The Kier molecular flexibility index (Phi) is 3.24. The van der Waals surface area contributed by atoms with Gasteiger partial charge in [0.15, 0.2) is 29.0 Å². The van der Waals surface area contributed by atoms with E-state index >= 15 is 0 Å². The standard InChI is InChI=1S/C12H4F6O2/c13-3-1-2-4(19)5(7(3)14)6-8(15)10(17)12(20)11(18)9(6)16/h1-2,19-20H. The van der Waals surface area contributed by atoms with E-state index in [1.54, 1.807) is 0 Å². The maximum Gasteiger partial charge on any atom is 0.204 e. The van der Waals surface area contributed by atoms with Crippen LogP contribution >= 0.6 is 0 Å². The lowest BCUT2D eigenvalue weighted by atomic mass is 10.0. The van der Waals surface area contributed by atoms with Gasteiger partial charge in [0.25, 0.3) is 0 Å². The fourth-order valence-corrected chi connectivity index (χ4v) is 1.62. The molecular weight excluding hydrogens is 290 g/mol. The number of phenolic OH excluding ortho intramolecular Hbond substituents is 2. The summed E-state index contributed by atoms with van der Waals surface area (Å²) in [5, 5.41) is 18.1. The van der Waals surface area contributed by atoms with Crippen LogP contribution in [0, 0.1) is 34.9 Å². The minimum atomic E-state index is -2.19. The number of halogens is 6. The van der Waals surface area contributed by atoms with Gasteiger partial charge in [0.05, 0.1) is 11.1 Å². The van der Waals surface area contributed by atoms with Crippen molar-refractivity contribution in [3.63, 3.8) is 0 Å². The molecule has 2 rings (SSSR count). The number of benzene rings is 2. The quantitative estimate of drug-likeness (QED) is 0.623. The Morgan fingerprint density at radius 1 is 0.600 bits per heavy atom. The van der Waals surface area contributed by atoms with E-state index in [0.717, 1.165) is 0 Å². The first-order valence-electron chi connectivity index (χ1n) is 4.99. The second kappa shape index (κ2) is 4.62. The Bertz CT molecular complexity index is 685. The minimum absolute atomic E-state index is 0.455. The lowest BCUT2D eigenvalue weighted by Gasteiger charge is -2.11. The summed E-state index contributed by atoms with van der Waals surface area (Å²) < 4.78 is 79.9. The molecule has 20 heavy (non-hydrogen) atoms. The van der Waals surface area contributed by atoms with Gasteiger partial charge in [-0.3, -0.25) is 0 Å². The van der Waals surface area contributed by atoms with Crippen LogP contribution in [-0.2, 0) is 0 Å². The molecule has 0 aliphatic carbocycles. The van der Waals surface area contributed by atoms with E-state index in [9.17, 15) is 31.4 Å². The van der Waals surface area contributed by atoms with E-state index < -0.39 is 57.5 Å². The van der Waals surface area contributed by atoms with Crippen LogP contribution in [0.1, 0.15) is 0 Å². The van der Waals surface area contributed by atoms with Crippen molar-refractivity contribution >= 4 is 0 Å². The second-order valence-electron chi connectivity index (χ2n) is 3.74. The molecule has 0 bridgehead atoms. The molecule has 0 saturated carbocycles. The van der Waals surface area contributed by atoms with Crippen molar-refractivity contribution < 1.29 is 36.6 Å². The van der Waals surface area contributed by atoms with Gasteiger partial charge in [0, 0.05) is 0 Å². The van der Waals surface area contributed by atoms with Crippen molar-refractivity contribution in [2.45, 2.75) is 0 Å². The summed E-state index contributed by atoms with van der Waals surface area (Å²) in [6, 6.07) is 1.01. The first-order valence-corrected chi connectivity index (χ1v) is 4.99. The van der Waals surface area contributed by atoms with Crippen molar-refractivity contribution in [3.05, 3.63) is 47.0 Å². The predicted octanol–water partition coefficient (Wildman–Crippen LogP) is 3.60. The lowest BCUT2D eigenvalue weighted by Crippen LogP contribution is -2.02. The first kappa shape index (κ1) is 14.0. The molecule has 0 atom stereocenters. The van der Waals surface area contributed by atoms with Crippen molar-refractivity contribution in [3.8, 4) is 22.6 Å². The Morgan fingerprint density at radius 2 is 1.10 bits per heavy atom. The van der Waals surface area contributed by atoms with Crippen LogP contribution in [0.25, 0.3) is 11.1 Å². The topological polar surface area (TPSA) is 40.5 Å². The zero-order valence-corrected chi connectivity index (χ0v) is 9.32. The molecule has 106 valence electrons. The molecule has 0 aromatic heterocycles. The van der Waals surface area contributed by atoms with Crippen LogP contribution in [0.15, 0.2) is 12.1 Å². The molecule has 0 spiro atoms. The summed E-state index contributed by atoms with van der Waals surface area (Å²) in [6.07, 6.45) is 0. The number of rotatable bonds is 1. The highest BCUT2D eigenvalue weighted by atomic mass is 19.2. The fourth-order valence-electron chi connectivity index (χ4n) is 1.62. The lowest BCUT2D eigenvalue weighted by molar-refractivity contribution is 0.357. The molecular formula is C12H4F6O2. The van der Waals surface area contributed by atoms with Crippen LogP contribution in [0.5, 0.6) is 11.5 Å². The van der Waals surface area contributed by atoms with Gasteiger partial charge >= 0.3 is 0 Å². The van der Waals surface area contributed by atoms with Gasteiger partial charge in [-0.15, -0.1) is 0 Å². The van der Waals surface area contributed by atoms with E-state index in [0.29, 0.717) is 12.1 Å². The third-order valence-electron chi connectivity index (χ3n) is 2.56. The zero-order valence-electron chi connectivity index (χ0n) is 9.32. The molecule has 0 aliphatic heterocycles. The number of phenols is 2. The summed E-state index contributed by atoms with van der Waals surface area (Å²) in [5.41, 5.74) is -3.05. The Hall–Kier alpha value is -2.38. The summed E-state index contributed by atoms with van der Waals surface area (Å²) in [4.78, 5) is 0. The van der Waals surface area contributed by atoms with E-state index in [4.69, 9.17) is 5.11 Å². The maximum atomic E-state index is 13.5. The molecule has 0 saturated heterocycles. The van der Waals surface area contributed by atoms with Crippen LogP contribution < -0.4 is 0 Å². The number of hydrogen-bond donors (Lipinski definition) is 2. The van der Waals surface area contributed by atoms with Gasteiger partial charge in [-0.05, 0) is 12.1 Å². The number of hydrogen-bond acceptors (Lipinski definition) is 2. The molecule has 0 heterocycles. The normalized spacial score (nSPS) is 10.9. The molecule has 2 nitrogen and oxygen atoms in total. The Labute approximate surface area is 107 Å². The molecule has 2 aromatic carbocycles. The molecule has 2 N–H and O–H groups in total. The molecule has 0 aliphatic rings. The molecule has 2 aromatic rings. The van der Waals surface area contributed by atoms with Crippen molar-refractivity contribution in [2.75, 3.05) is 0 Å². The molecule has 0 amide bonds. The van der Waals surface area contributed by atoms with Gasteiger partial charge in [-0.2, -0.15) is 8.78 Å². The zero-order chi connectivity index (χ0) is 15.2. The highest BCUT2D eigenvalue weighted by molar-refractivity contribution is 5.73. The summed E-state index contributed by atoms with van der Waals surface area (Å²) in [7, 11) is 0. The van der Waals surface area contributed by atoms with Crippen LogP contribution in [-0.4, -0.2) is 10.2 Å². The second-order valence-corrected chi connectivity index (χ2v) is 3.74. The van der Waals surface area contributed by atoms with Crippen LogP contribution in [0.4, 0.5) is 26.3 Å². The molecule has 0 fully saturated rings. The first-order chi connectivity index (χ1) is 9.27. The monoisotopic (exact) mass is 294 g/mol. The molecule has 0 unspecified atom stereocenters. The van der Waals surface area contributed by atoms with Crippen molar-refractivity contribution in [2.24, 2.45) is 0 Å². The van der Waals surface area contributed by atoms with Gasteiger partial charge in [-0.1, -0.05) is 0 Å². The van der Waals surface area contributed by atoms with E-state index in [1.807, 2.05) is 0 Å². The van der Waals surface area contributed by atoms with E-state index in [-0.39, 0.29) is 0 Å². The number of aromatic hydroxyl groups is 2. The highest BCUT2D eigenvalue weighted by Gasteiger charge is 2.30. The summed E-state index contributed by atoms with van der Waals surface area (Å²) in [6.45, 7) is 0. The summed E-state index contributed by atoms with van der Waals surface area (Å²) in [5.74, 6) is -15.3. The van der Waals surface area contributed by atoms with Gasteiger partial charge < -0.3 is 10.2 Å². The molecule has 0 radical (unpaired) electrons. The largest absolute Gasteiger partial charge is 0.507 e. The molecule has 8 heteroatoms. The third-order valence-corrected chi connectivity index (χ3v) is 2.56.